The molecule has 8 heteroatoms. The molecule has 1 aliphatic carbocycles. The first-order valence-corrected chi connectivity index (χ1v) is 9.71. The van der Waals surface area contributed by atoms with E-state index in [4.69, 9.17) is 18.8 Å². The van der Waals surface area contributed by atoms with Gasteiger partial charge in [-0.05, 0) is 61.8 Å². The van der Waals surface area contributed by atoms with Crippen molar-refractivity contribution in [3.8, 4) is 0 Å². The topological polar surface area (TPSA) is 71.0 Å². The summed E-state index contributed by atoms with van der Waals surface area (Å²) in [4.78, 5) is 31.0. The van der Waals surface area contributed by atoms with Gasteiger partial charge in [0.1, 0.15) is 5.54 Å². The van der Waals surface area contributed by atoms with E-state index >= 15 is 0 Å². The number of thiocarbonyl (C=S) groups is 1. The van der Waals surface area contributed by atoms with Gasteiger partial charge < -0.3 is 4.90 Å². The van der Waals surface area contributed by atoms with Gasteiger partial charge in [-0.15, -0.1) is 0 Å². The molecule has 2 aliphatic rings. The highest BCUT2D eigenvalue weighted by molar-refractivity contribution is 7.81. The molecule has 0 radical (unpaired) electrons. The smallest absolute Gasteiger partial charge is 0.269 e. The second kappa shape index (κ2) is 6.94. The van der Waals surface area contributed by atoms with Gasteiger partial charge in [-0.3, -0.25) is 19.8 Å². The zero-order valence-electron chi connectivity index (χ0n) is 15.8. The number of amides is 1. The Morgan fingerprint density at radius 2 is 1.76 bits per heavy atom. The van der Waals surface area contributed by atoms with E-state index in [-0.39, 0.29) is 11.6 Å². The number of rotatable bonds is 3. The number of non-ortho nitro benzene ring substituents is 1. The number of benzene rings is 2. The number of nitro groups is 1. The highest BCUT2D eigenvalue weighted by Gasteiger charge is 2.57. The number of carbonyl (C=O) groups is 1. The Morgan fingerprint density at radius 1 is 1.14 bits per heavy atom. The van der Waals surface area contributed by atoms with Gasteiger partial charge in [0.2, 0.25) is 0 Å². The monoisotopic (exact) mass is 406 g/mol. The fraction of sp³-hybridized carbons (Fsp3) is 0.286. The molecule has 0 unspecified atom stereocenters. The molecule has 1 amide bonds. The molecule has 146 valence electrons. The van der Waals surface area contributed by atoms with Crippen LogP contribution in [0, 0.1) is 23.6 Å². The first-order valence-electron chi connectivity index (χ1n) is 9.30. The number of hydrogen-bond donors (Lipinski definition) is 0. The first kappa shape index (κ1) is 19.0. The summed E-state index contributed by atoms with van der Waals surface area (Å²) in [7, 11) is 0. The normalized spacial score (nSPS) is 17.8. The quantitative estimate of drug-likeness (QED) is 0.314. The third-order valence-electron chi connectivity index (χ3n) is 5.72. The molecule has 1 spiro atoms. The summed E-state index contributed by atoms with van der Waals surface area (Å²) in [5.74, 6) is -0.0756. The molecule has 2 fully saturated rings. The summed E-state index contributed by atoms with van der Waals surface area (Å²) in [6.45, 7) is 9.06. The predicted molar refractivity (Wildman–Crippen MR) is 114 cm³/mol. The predicted octanol–water partition coefficient (Wildman–Crippen LogP) is 4.90. The fourth-order valence-corrected chi connectivity index (χ4v) is 4.75. The molecule has 1 heterocycles. The summed E-state index contributed by atoms with van der Waals surface area (Å²) in [5, 5.41) is 11.4. The minimum atomic E-state index is -0.764. The lowest BCUT2D eigenvalue weighted by molar-refractivity contribution is -0.384. The maximum Gasteiger partial charge on any atom is 0.269 e. The van der Waals surface area contributed by atoms with Crippen molar-refractivity contribution in [1.29, 1.82) is 0 Å². The maximum atomic E-state index is 13.6. The molecule has 1 saturated heterocycles. The van der Waals surface area contributed by atoms with Crippen LogP contribution in [0.5, 0.6) is 0 Å². The molecule has 7 nitrogen and oxygen atoms in total. The summed E-state index contributed by atoms with van der Waals surface area (Å²) in [5.41, 5.74) is 1.86. The Labute approximate surface area is 173 Å². The Morgan fingerprint density at radius 3 is 2.31 bits per heavy atom. The molecule has 1 aliphatic heterocycles. The lowest BCUT2D eigenvalue weighted by Crippen LogP contribution is -2.47. The van der Waals surface area contributed by atoms with Crippen molar-refractivity contribution in [1.82, 2.24) is 0 Å². The van der Waals surface area contributed by atoms with E-state index in [9.17, 15) is 14.9 Å². The molecule has 1 saturated carbocycles. The van der Waals surface area contributed by atoms with E-state index in [1.807, 2.05) is 11.8 Å². The van der Waals surface area contributed by atoms with Crippen LogP contribution < -0.4 is 9.80 Å². The number of anilines is 2. The molecule has 0 bridgehead atoms. The number of nitrogens with zero attached hydrogens (tertiary/aromatic N) is 4. The highest BCUT2D eigenvalue weighted by atomic mass is 32.1. The number of carbonyl (C=O) groups excluding carboxylic acids is 1. The zero-order valence-corrected chi connectivity index (χ0v) is 16.6. The van der Waals surface area contributed by atoms with Crippen LogP contribution in [0.1, 0.15) is 31.2 Å². The standard InChI is InChI=1S/C21H18N4O3S/c1-14-13-17(9-10-18(14)22-2)23-19(26)21(11-3-4-12-21)24(20(23)29)15-5-7-16(8-6-15)25(27)28/h5-10,13H,3-4,11-12H2,1H3. The largest absolute Gasteiger partial charge is 0.303 e. The molecule has 2 aromatic rings. The zero-order chi connectivity index (χ0) is 20.8. The van der Waals surface area contributed by atoms with E-state index in [0.717, 1.165) is 18.4 Å². The van der Waals surface area contributed by atoms with Crippen molar-refractivity contribution in [3.05, 3.63) is 69.6 Å². The van der Waals surface area contributed by atoms with Gasteiger partial charge in [0, 0.05) is 23.5 Å². The fourth-order valence-electron chi connectivity index (χ4n) is 4.28. The van der Waals surface area contributed by atoms with Crippen LogP contribution in [0.4, 0.5) is 22.7 Å². The molecule has 0 atom stereocenters. The third kappa shape index (κ3) is 2.86. The highest BCUT2D eigenvalue weighted by Crippen LogP contribution is 2.46. The summed E-state index contributed by atoms with van der Waals surface area (Å²) < 4.78 is 0. The Hall–Kier alpha value is -3.31. The number of aryl methyl sites for hydroxylation is 1. The molecule has 0 N–H and O–H groups in total. The Kier molecular flexibility index (Phi) is 4.55. The first-order chi connectivity index (χ1) is 13.9. The van der Waals surface area contributed by atoms with Crippen LogP contribution in [0.2, 0.25) is 0 Å². The van der Waals surface area contributed by atoms with Crippen LogP contribution in [0.25, 0.3) is 4.85 Å². The molecule has 2 aromatic carbocycles. The molecular formula is C21H18N4O3S. The van der Waals surface area contributed by atoms with E-state index in [1.54, 1.807) is 35.2 Å². The van der Waals surface area contributed by atoms with Crippen molar-refractivity contribution in [2.45, 2.75) is 38.1 Å². The van der Waals surface area contributed by atoms with Crippen molar-refractivity contribution in [2.75, 3.05) is 9.80 Å². The lowest BCUT2D eigenvalue weighted by Gasteiger charge is -2.32. The van der Waals surface area contributed by atoms with Crippen molar-refractivity contribution < 1.29 is 9.72 Å². The van der Waals surface area contributed by atoms with Gasteiger partial charge in [-0.1, -0.05) is 18.9 Å². The molecule has 29 heavy (non-hydrogen) atoms. The molecule has 4 rings (SSSR count). The van der Waals surface area contributed by atoms with Crippen LogP contribution in [0.15, 0.2) is 42.5 Å². The van der Waals surface area contributed by atoms with E-state index in [1.165, 1.54) is 12.1 Å². The van der Waals surface area contributed by atoms with Crippen molar-refractivity contribution in [2.24, 2.45) is 0 Å². The number of nitro benzene ring substituents is 1. The number of hydrogen-bond acceptors (Lipinski definition) is 4. The SMILES string of the molecule is [C-]#[N+]c1ccc(N2C(=O)C3(CCCC3)N(c3ccc([N+](=O)[O-])cc3)C2=S)cc1C. The van der Waals surface area contributed by atoms with Gasteiger partial charge in [-0.25, -0.2) is 4.85 Å². The average molecular weight is 406 g/mol. The Balaban J connectivity index is 1.80. The summed E-state index contributed by atoms with van der Waals surface area (Å²) in [6.07, 6.45) is 3.19. The van der Waals surface area contributed by atoms with E-state index in [2.05, 4.69) is 4.85 Å². The van der Waals surface area contributed by atoms with E-state index in [0.29, 0.717) is 35.0 Å². The van der Waals surface area contributed by atoms with E-state index < -0.39 is 10.5 Å². The Bertz CT molecular complexity index is 1070. The second-order valence-corrected chi connectivity index (χ2v) is 7.72. The molecule has 0 aromatic heterocycles. The van der Waals surface area contributed by atoms with Crippen molar-refractivity contribution in [3.63, 3.8) is 0 Å². The third-order valence-corrected chi connectivity index (χ3v) is 6.09. The van der Waals surface area contributed by atoms with Crippen molar-refractivity contribution >= 4 is 46.0 Å². The summed E-state index contributed by atoms with van der Waals surface area (Å²) in [6, 6.07) is 11.4. The lowest BCUT2D eigenvalue weighted by atomic mass is 9.95. The van der Waals surface area contributed by atoms with Crippen LogP contribution in [-0.4, -0.2) is 21.5 Å². The average Bonchev–Trinajstić information content (AvgIpc) is 3.26. The van der Waals surface area contributed by atoms with Gasteiger partial charge in [0.25, 0.3) is 11.6 Å². The van der Waals surface area contributed by atoms with Gasteiger partial charge in [0.05, 0.1) is 11.5 Å². The van der Waals surface area contributed by atoms with Crippen LogP contribution in [-0.2, 0) is 4.79 Å². The molecular weight excluding hydrogens is 388 g/mol. The maximum absolute atomic E-state index is 13.6. The van der Waals surface area contributed by atoms with Gasteiger partial charge in [0.15, 0.2) is 10.8 Å². The second-order valence-electron chi connectivity index (χ2n) is 7.35. The van der Waals surface area contributed by atoms with Gasteiger partial charge in [-0.2, -0.15) is 0 Å². The summed E-state index contributed by atoms with van der Waals surface area (Å²) >= 11 is 5.74. The van der Waals surface area contributed by atoms with Crippen LogP contribution >= 0.6 is 12.2 Å². The van der Waals surface area contributed by atoms with Crippen LogP contribution in [0.3, 0.4) is 0 Å². The minimum Gasteiger partial charge on any atom is -0.303 e. The minimum absolute atomic E-state index is 0.00659. The van der Waals surface area contributed by atoms with Gasteiger partial charge >= 0.3 is 0 Å².